The van der Waals surface area contributed by atoms with E-state index in [4.69, 9.17) is 14.2 Å². The van der Waals surface area contributed by atoms with E-state index in [1.165, 1.54) is 40.3 Å². The summed E-state index contributed by atoms with van der Waals surface area (Å²) in [6, 6.07) is 25.3. The number of hydrogen-bond acceptors (Lipinski definition) is 8. The number of halogens is 2. The molecule has 0 radical (unpaired) electrons. The molecule has 4 rings (SSSR count). The summed E-state index contributed by atoms with van der Waals surface area (Å²) >= 11 is 0. The van der Waals surface area contributed by atoms with Crippen molar-refractivity contribution in [2.24, 2.45) is 0 Å². The van der Waals surface area contributed by atoms with Crippen LogP contribution in [-0.4, -0.2) is 77.9 Å². The lowest BCUT2D eigenvalue weighted by molar-refractivity contribution is -0.161. The van der Waals surface area contributed by atoms with Crippen molar-refractivity contribution < 1.29 is 37.4 Å². The predicted molar refractivity (Wildman–Crippen MR) is 203 cm³/mol. The SMILES string of the molecule is C=CCN(CC(=O)NC(Cc1ccc(OCc2ccccc2)cc1F)C(=O)N(Cc1cccc(F)n1)CC(OCC)OCC)NC(=O)NCc1ccccc1. The smallest absolute Gasteiger partial charge is 0.329 e. The highest BCUT2D eigenvalue weighted by molar-refractivity contribution is 5.89. The molecule has 0 fully saturated rings. The summed E-state index contributed by atoms with van der Waals surface area (Å²) in [4.78, 5) is 46.1. The van der Waals surface area contributed by atoms with E-state index in [0.29, 0.717) is 0 Å². The van der Waals surface area contributed by atoms with E-state index in [1.54, 1.807) is 26.0 Å². The van der Waals surface area contributed by atoms with Crippen LogP contribution < -0.4 is 20.8 Å². The minimum atomic E-state index is -1.33. The number of nitrogens with one attached hydrogen (secondary N) is 3. The van der Waals surface area contributed by atoms with Crippen LogP contribution in [-0.2, 0) is 45.2 Å². The highest BCUT2D eigenvalue weighted by atomic mass is 19.1. The Bertz CT molecular complexity index is 1810. The van der Waals surface area contributed by atoms with Gasteiger partial charge < -0.3 is 29.7 Å². The Morgan fingerprint density at radius 3 is 2.22 bits per heavy atom. The zero-order chi connectivity index (χ0) is 39.4. The molecule has 0 saturated heterocycles. The van der Waals surface area contributed by atoms with E-state index in [0.717, 1.165) is 11.1 Å². The second kappa shape index (κ2) is 22.5. The maximum absolute atomic E-state index is 15.7. The quantitative estimate of drug-likeness (QED) is 0.0426. The normalized spacial score (nSPS) is 11.5. The van der Waals surface area contributed by atoms with Crippen molar-refractivity contribution in [2.75, 3.05) is 32.8 Å². The summed E-state index contributed by atoms with van der Waals surface area (Å²) in [5, 5.41) is 6.79. The first kappa shape index (κ1) is 42.0. The van der Waals surface area contributed by atoms with Crippen molar-refractivity contribution in [1.29, 1.82) is 0 Å². The highest BCUT2D eigenvalue weighted by Crippen LogP contribution is 2.21. The molecule has 55 heavy (non-hydrogen) atoms. The summed E-state index contributed by atoms with van der Waals surface area (Å²) in [6.07, 6.45) is 0.380. The van der Waals surface area contributed by atoms with E-state index in [1.807, 2.05) is 60.7 Å². The number of hydrogen-bond donors (Lipinski definition) is 3. The summed E-state index contributed by atoms with van der Waals surface area (Å²) in [6.45, 7) is 7.73. The number of carbonyl (C=O) groups is 3. The zero-order valence-corrected chi connectivity index (χ0v) is 31.1. The molecule has 0 spiro atoms. The van der Waals surface area contributed by atoms with Gasteiger partial charge in [0.1, 0.15) is 24.2 Å². The first-order valence-electron chi connectivity index (χ1n) is 18.0. The number of pyridine rings is 1. The van der Waals surface area contributed by atoms with Gasteiger partial charge >= 0.3 is 6.03 Å². The summed E-state index contributed by atoms with van der Waals surface area (Å²) in [7, 11) is 0. The Morgan fingerprint density at radius 2 is 1.58 bits per heavy atom. The van der Waals surface area contributed by atoms with E-state index in [2.05, 4.69) is 27.6 Å². The molecular formula is C41H48F2N6O6. The van der Waals surface area contributed by atoms with Crippen molar-refractivity contribution in [3.8, 4) is 5.75 Å². The Labute approximate surface area is 320 Å². The Balaban J connectivity index is 1.57. The number of ether oxygens (including phenoxy) is 3. The van der Waals surface area contributed by atoms with Crippen LogP contribution >= 0.6 is 0 Å². The summed E-state index contributed by atoms with van der Waals surface area (Å²) in [5.74, 6) is -2.38. The fourth-order valence-corrected chi connectivity index (χ4v) is 5.52. The first-order valence-corrected chi connectivity index (χ1v) is 18.0. The highest BCUT2D eigenvalue weighted by Gasteiger charge is 2.30. The van der Waals surface area contributed by atoms with Gasteiger partial charge in [0.15, 0.2) is 6.29 Å². The average Bonchev–Trinajstić information content (AvgIpc) is 3.17. The van der Waals surface area contributed by atoms with Gasteiger partial charge in [-0.25, -0.2) is 19.2 Å². The molecule has 3 N–H and O–H groups in total. The van der Waals surface area contributed by atoms with Crippen LogP contribution in [0.2, 0.25) is 0 Å². The molecule has 0 aliphatic heterocycles. The van der Waals surface area contributed by atoms with Crippen molar-refractivity contribution in [1.82, 2.24) is 31.0 Å². The minimum Gasteiger partial charge on any atom is -0.489 e. The van der Waals surface area contributed by atoms with Crippen molar-refractivity contribution >= 4 is 17.8 Å². The van der Waals surface area contributed by atoms with Crippen molar-refractivity contribution in [3.05, 3.63) is 144 Å². The molecule has 292 valence electrons. The number of amides is 4. The molecule has 12 nitrogen and oxygen atoms in total. The second-order valence-corrected chi connectivity index (χ2v) is 12.3. The summed E-state index contributed by atoms with van der Waals surface area (Å²) < 4.78 is 47.1. The standard InChI is InChI=1S/C41H48F2N6O6/c1-4-22-49(47-41(52)44-25-30-14-9-7-10-15-30)27-38(50)46-36(23-32-20-21-34(24-35(32)42)55-29-31-16-11-8-12-17-31)40(51)48(28-39(53-5-2)54-6-3)26-33-18-13-19-37(43)45-33/h4,7-21,24,36,39H,1,5-6,22-23,25-29H2,2-3H3,(H,46,50)(H2,44,47,52). The van der Waals surface area contributed by atoms with Gasteiger partial charge in [-0.3, -0.25) is 15.0 Å². The Kier molecular flexibility index (Phi) is 17.2. The van der Waals surface area contributed by atoms with Crippen LogP contribution in [0.25, 0.3) is 0 Å². The molecule has 1 atom stereocenters. The third kappa shape index (κ3) is 14.6. The number of benzene rings is 3. The number of rotatable bonds is 22. The second-order valence-electron chi connectivity index (χ2n) is 12.3. The maximum atomic E-state index is 15.7. The predicted octanol–water partition coefficient (Wildman–Crippen LogP) is 5.30. The van der Waals surface area contributed by atoms with E-state index < -0.39 is 41.9 Å². The molecule has 1 unspecified atom stereocenters. The number of carbonyl (C=O) groups excluding carboxylic acids is 3. The Morgan fingerprint density at radius 1 is 0.891 bits per heavy atom. The van der Waals surface area contributed by atoms with Gasteiger partial charge in [-0.15, -0.1) is 6.58 Å². The third-order valence-corrected chi connectivity index (χ3v) is 8.08. The minimum absolute atomic E-state index is 0.0889. The number of nitrogens with zero attached hydrogens (tertiary/aromatic N) is 3. The largest absolute Gasteiger partial charge is 0.489 e. The number of aromatic nitrogens is 1. The Hall–Kier alpha value is -5.70. The van der Waals surface area contributed by atoms with Crippen LogP contribution in [0, 0.1) is 11.8 Å². The monoisotopic (exact) mass is 758 g/mol. The van der Waals surface area contributed by atoms with Gasteiger partial charge in [0.25, 0.3) is 0 Å². The fraction of sp³-hybridized carbons (Fsp3) is 0.317. The number of urea groups is 1. The molecule has 0 bridgehead atoms. The first-order chi connectivity index (χ1) is 26.7. The molecule has 1 aromatic heterocycles. The van der Waals surface area contributed by atoms with E-state index in [9.17, 15) is 18.8 Å². The van der Waals surface area contributed by atoms with Gasteiger partial charge in [-0.1, -0.05) is 78.9 Å². The van der Waals surface area contributed by atoms with Crippen LogP contribution in [0.3, 0.4) is 0 Å². The zero-order valence-electron chi connectivity index (χ0n) is 31.1. The van der Waals surface area contributed by atoms with Crippen molar-refractivity contribution in [3.63, 3.8) is 0 Å². The van der Waals surface area contributed by atoms with Crippen LogP contribution in [0.1, 0.15) is 36.2 Å². The molecule has 3 aromatic carbocycles. The van der Waals surface area contributed by atoms with Crippen LogP contribution in [0.5, 0.6) is 5.75 Å². The molecule has 0 aliphatic carbocycles. The topological polar surface area (TPSA) is 134 Å². The molecule has 0 aliphatic rings. The van der Waals surface area contributed by atoms with Crippen LogP contribution in [0.4, 0.5) is 13.6 Å². The lowest BCUT2D eigenvalue weighted by Crippen LogP contribution is -2.55. The molecule has 1 heterocycles. The van der Waals surface area contributed by atoms with Gasteiger partial charge in [0.05, 0.1) is 25.3 Å². The van der Waals surface area contributed by atoms with Crippen molar-refractivity contribution in [2.45, 2.75) is 52.3 Å². The third-order valence-electron chi connectivity index (χ3n) is 8.08. The van der Waals surface area contributed by atoms with E-state index in [-0.39, 0.29) is 76.0 Å². The molecular weight excluding hydrogens is 710 g/mol. The van der Waals surface area contributed by atoms with Gasteiger partial charge in [-0.05, 0) is 48.7 Å². The van der Waals surface area contributed by atoms with Gasteiger partial charge in [0.2, 0.25) is 17.8 Å². The lowest BCUT2D eigenvalue weighted by atomic mass is 10.0. The van der Waals surface area contributed by atoms with Crippen LogP contribution in [0.15, 0.2) is 110 Å². The van der Waals surface area contributed by atoms with Gasteiger partial charge in [-0.2, -0.15) is 4.39 Å². The fourth-order valence-electron chi connectivity index (χ4n) is 5.52. The number of hydrazine groups is 1. The molecule has 4 aromatic rings. The maximum Gasteiger partial charge on any atom is 0.329 e. The molecule has 14 heteroatoms. The average molecular weight is 759 g/mol. The van der Waals surface area contributed by atoms with E-state index >= 15 is 4.39 Å². The molecule has 0 saturated carbocycles. The molecule has 4 amide bonds. The lowest BCUT2D eigenvalue weighted by Gasteiger charge is -2.31. The summed E-state index contributed by atoms with van der Waals surface area (Å²) in [5.41, 5.74) is 4.77. The van der Waals surface area contributed by atoms with Gasteiger partial charge in [0, 0.05) is 38.8 Å².